The molecule has 0 bridgehead atoms. The predicted octanol–water partition coefficient (Wildman–Crippen LogP) is 12.2. The molecule has 0 unspecified atom stereocenters. The molecular formula is C62H70F6N4O6. The van der Waals surface area contributed by atoms with Crippen molar-refractivity contribution in [2.45, 2.75) is 189 Å². The molecule has 0 radical (unpaired) electrons. The Kier molecular flexibility index (Phi) is 16.6. The Morgan fingerprint density at radius 1 is 0.372 bits per heavy atom. The van der Waals surface area contributed by atoms with Crippen molar-refractivity contribution in [3.8, 4) is 0 Å². The quantitative estimate of drug-likeness (QED) is 0.0980. The van der Waals surface area contributed by atoms with Crippen molar-refractivity contribution < 1.29 is 55.1 Å². The Hall–Kier alpha value is -6.16. The molecule has 416 valence electrons. The molecule has 4 spiro atoms. The summed E-state index contributed by atoms with van der Waals surface area (Å²) in [7, 11) is 0. The van der Waals surface area contributed by atoms with Gasteiger partial charge in [-0.15, -0.1) is 0 Å². The van der Waals surface area contributed by atoms with Crippen LogP contribution in [0.4, 0.5) is 26.3 Å². The van der Waals surface area contributed by atoms with Crippen LogP contribution in [0.3, 0.4) is 0 Å². The van der Waals surface area contributed by atoms with Gasteiger partial charge in [-0.2, -0.15) is 8.78 Å². The zero-order valence-electron chi connectivity index (χ0n) is 44.2. The van der Waals surface area contributed by atoms with E-state index < -0.39 is 29.2 Å². The molecule has 78 heavy (non-hydrogen) atoms. The molecule has 0 N–H and O–H groups in total. The van der Waals surface area contributed by atoms with Crippen LogP contribution in [0.1, 0.15) is 151 Å². The Balaban J connectivity index is 0.000000116. The third-order valence-electron chi connectivity index (χ3n) is 17.1. The fraction of sp³-hybridized carbons (Fsp3) is 0.516. The van der Waals surface area contributed by atoms with E-state index in [9.17, 15) is 55.1 Å². The first kappa shape index (κ1) is 56.6. The van der Waals surface area contributed by atoms with Crippen molar-refractivity contribution in [3.05, 3.63) is 144 Å². The van der Waals surface area contributed by atoms with Gasteiger partial charge in [0.25, 0.3) is 11.8 Å². The molecule has 14 rings (SSSR count). The van der Waals surface area contributed by atoms with E-state index in [1.165, 1.54) is 28.2 Å². The second-order valence-electron chi connectivity index (χ2n) is 23.4. The SMILES string of the molecule is FC1(F)CCC2(CC2)C1.FC1(F)CN(Cc2ccccc2)C2(CC2)C1.O=C1CCC(=O)C1.O=C1CCC(=O)N1Cc1ccccc1.O=C1CCC2(CC2)N1Cc1ccccc1.O=C1N(Cc2ccccc2)C2(CC2)CC1(F)F. The first-order chi connectivity index (χ1) is 37.1. The van der Waals surface area contributed by atoms with Gasteiger partial charge in [0.2, 0.25) is 23.6 Å². The van der Waals surface area contributed by atoms with E-state index in [1.807, 2.05) is 114 Å². The summed E-state index contributed by atoms with van der Waals surface area (Å²) in [5.41, 5.74) is 3.97. The minimum absolute atomic E-state index is 0.0566. The lowest BCUT2D eigenvalue weighted by Gasteiger charge is -2.24. The molecule has 10 nitrogen and oxygen atoms in total. The second kappa shape index (κ2) is 22.9. The summed E-state index contributed by atoms with van der Waals surface area (Å²) in [6, 6.07) is 39.0. The Bertz CT molecular complexity index is 2750. The summed E-state index contributed by atoms with van der Waals surface area (Å²) < 4.78 is 78.6. The number of ketones is 2. The lowest BCUT2D eigenvalue weighted by atomic mass is 10.1. The van der Waals surface area contributed by atoms with Crippen molar-refractivity contribution in [2.24, 2.45) is 5.41 Å². The highest BCUT2D eigenvalue weighted by Crippen LogP contribution is 2.62. The minimum Gasteiger partial charge on any atom is -0.333 e. The van der Waals surface area contributed by atoms with Crippen LogP contribution in [0.5, 0.6) is 0 Å². The average molecular weight is 1080 g/mol. The predicted molar refractivity (Wildman–Crippen MR) is 281 cm³/mol. The van der Waals surface area contributed by atoms with Crippen molar-refractivity contribution >= 4 is 35.2 Å². The van der Waals surface area contributed by atoms with Crippen LogP contribution in [-0.2, 0) is 54.9 Å². The van der Waals surface area contributed by atoms with E-state index in [-0.39, 0.29) is 78.5 Å². The number of hydrogen-bond donors (Lipinski definition) is 0. The summed E-state index contributed by atoms with van der Waals surface area (Å²) in [6.45, 7) is 2.12. The van der Waals surface area contributed by atoms with Gasteiger partial charge in [-0.05, 0) is 91.9 Å². The third kappa shape index (κ3) is 14.4. The van der Waals surface area contributed by atoms with E-state index in [2.05, 4.69) is 17.0 Å². The topological polar surface area (TPSA) is 115 Å². The summed E-state index contributed by atoms with van der Waals surface area (Å²) in [6.07, 6.45) is 12.4. The van der Waals surface area contributed by atoms with Gasteiger partial charge < -0.3 is 9.80 Å². The molecule has 10 aliphatic rings. The average Bonchev–Trinajstić information content (AvgIpc) is 4.38. The molecule has 4 aliphatic heterocycles. The molecule has 4 aromatic rings. The number of hydrogen-bond acceptors (Lipinski definition) is 7. The van der Waals surface area contributed by atoms with E-state index in [1.54, 1.807) is 0 Å². The molecule has 4 amide bonds. The molecule has 10 fully saturated rings. The maximum Gasteiger partial charge on any atom is 0.327 e. The number of Topliss-reactive ketones (excluding diaryl/α,β-unsaturated/α-hetero) is 2. The van der Waals surface area contributed by atoms with E-state index in [0.29, 0.717) is 64.1 Å². The number of nitrogens with zero attached hydrogens (tertiary/aromatic N) is 4. The third-order valence-corrected chi connectivity index (χ3v) is 17.1. The lowest BCUT2D eigenvalue weighted by molar-refractivity contribution is -0.148. The monoisotopic (exact) mass is 1080 g/mol. The Morgan fingerprint density at radius 3 is 1.21 bits per heavy atom. The summed E-state index contributed by atoms with van der Waals surface area (Å²) in [5.74, 6) is -8.52. The number of carbonyl (C=O) groups is 6. The zero-order valence-corrected chi connectivity index (χ0v) is 44.2. The molecule has 6 aliphatic carbocycles. The molecular weight excluding hydrogens is 1010 g/mol. The molecule has 4 aromatic carbocycles. The van der Waals surface area contributed by atoms with E-state index in [0.717, 1.165) is 68.2 Å². The number of alkyl halides is 6. The van der Waals surface area contributed by atoms with Crippen LogP contribution in [0.15, 0.2) is 121 Å². The molecule has 0 atom stereocenters. The Morgan fingerprint density at radius 2 is 0.808 bits per heavy atom. The van der Waals surface area contributed by atoms with Crippen LogP contribution in [0, 0.1) is 5.41 Å². The maximum atomic E-state index is 13.4. The highest BCUT2D eigenvalue weighted by atomic mass is 19.3. The first-order valence-corrected chi connectivity index (χ1v) is 27.7. The van der Waals surface area contributed by atoms with Crippen LogP contribution in [-0.4, -0.2) is 95.7 Å². The van der Waals surface area contributed by atoms with Crippen molar-refractivity contribution in [1.29, 1.82) is 0 Å². The fourth-order valence-electron chi connectivity index (χ4n) is 11.9. The van der Waals surface area contributed by atoms with Gasteiger partial charge in [0, 0.05) is 94.0 Å². The molecule has 4 heterocycles. The summed E-state index contributed by atoms with van der Waals surface area (Å²) >= 11 is 0. The van der Waals surface area contributed by atoms with Crippen LogP contribution >= 0.6 is 0 Å². The number of carbonyl (C=O) groups excluding carboxylic acids is 6. The van der Waals surface area contributed by atoms with Crippen LogP contribution < -0.4 is 0 Å². The number of imide groups is 1. The molecule has 16 heteroatoms. The standard InChI is InChI=1S/C13H13F2NO.C13H15F2N.C13H15NO.C11H11NO2.C7H10F2.C5H6O2/c14-13(15)9-12(6-7-12)16(11(13)17)8-10-4-2-1-3-5-10;14-13(15)9-12(6-7-12)16(10-13)8-11-4-2-1-3-5-11;15-12-6-7-13(8-9-13)14(12)10-11-4-2-1-3-5-11;13-10-6-7-11(14)12(10)8-9-4-2-1-3-5-9;8-7(9)4-3-6(5-7)1-2-6;6-4-1-2-5(7)3-4/h1-5H,6-9H2;1-5H,6-10H2;1-5H,6-10H2;1-5H,6-8H2;1-5H2;1-3H2. The van der Waals surface area contributed by atoms with Gasteiger partial charge in [-0.25, -0.2) is 17.6 Å². The largest absolute Gasteiger partial charge is 0.333 e. The zero-order chi connectivity index (χ0) is 55.4. The van der Waals surface area contributed by atoms with Gasteiger partial charge in [0.1, 0.15) is 11.6 Å². The molecule has 0 aromatic heterocycles. The van der Waals surface area contributed by atoms with Crippen molar-refractivity contribution in [1.82, 2.24) is 19.6 Å². The van der Waals surface area contributed by atoms with Crippen molar-refractivity contribution in [3.63, 3.8) is 0 Å². The van der Waals surface area contributed by atoms with Gasteiger partial charge in [0.05, 0.1) is 19.5 Å². The smallest absolute Gasteiger partial charge is 0.327 e. The lowest BCUT2D eigenvalue weighted by Crippen LogP contribution is -2.36. The number of benzene rings is 4. The highest BCUT2D eigenvalue weighted by Gasteiger charge is 2.66. The Labute approximate surface area is 452 Å². The normalized spacial score (nSPS) is 23.9. The van der Waals surface area contributed by atoms with Crippen molar-refractivity contribution in [2.75, 3.05) is 6.54 Å². The van der Waals surface area contributed by atoms with Crippen LogP contribution in [0.2, 0.25) is 0 Å². The molecule has 6 saturated carbocycles. The van der Waals surface area contributed by atoms with Gasteiger partial charge in [-0.1, -0.05) is 121 Å². The maximum absolute atomic E-state index is 13.4. The van der Waals surface area contributed by atoms with Gasteiger partial charge in [-0.3, -0.25) is 38.6 Å². The summed E-state index contributed by atoms with van der Waals surface area (Å²) in [5, 5.41) is 0. The van der Waals surface area contributed by atoms with E-state index >= 15 is 0 Å². The fourth-order valence-corrected chi connectivity index (χ4v) is 11.9. The minimum atomic E-state index is -3.16. The van der Waals surface area contributed by atoms with E-state index in [4.69, 9.17) is 0 Å². The summed E-state index contributed by atoms with van der Waals surface area (Å²) in [4.78, 5) is 73.3. The number of amides is 4. The number of likely N-dealkylation sites (tertiary alicyclic amines) is 4. The first-order valence-electron chi connectivity index (χ1n) is 27.7. The van der Waals surface area contributed by atoms with Gasteiger partial charge >= 0.3 is 5.92 Å². The van der Waals surface area contributed by atoms with Crippen LogP contribution in [0.25, 0.3) is 0 Å². The second-order valence-corrected chi connectivity index (χ2v) is 23.4. The highest BCUT2D eigenvalue weighted by molar-refractivity contribution is 6.05. The number of rotatable bonds is 8. The van der Waals surface area contributed by atoms with Gasteiger partial charge in [0.15, 0.2) is 0 Å². The molecule has 4 saturated heterocycles. The number of halogens is 6.